The Kier molecular flexibility index (Phi) is 10.9. The summed E-state index contributed by atoms with van der Waals surface area (Å²) in [6.07, 6.45) is 9.57. The monoisotopic (exact) mass is 849 g/mol. The fourth-order valence-corrected chi connectivity index (χ4v) is 53.2. The van der Waals surface area contributed by atoms with E-state index in [0.29, 0.717) is 18.2 Å². The van der Waals surface area contributed by atoms with E-state index in [2.05, 4.69) is 203 Å². The molecular formula is C24H56I2MnN6Si4. The molecule has 2 rings (SSSR count). The molecule has 0 aromatic heterocycles. The van der Waals surface area contributed by atoms with Crippen molar-refractivity contribution in [3.8, 4) is 0 Å². The summed E-state index contributed by atoms with van der Waals surface area (Å²) in [5.74, 6) is 0. The van der Waals surface area contributed by atoms with Gasteiger partial charge in [-0.2, -0.15) is 0 Å². The summed E-state index contributed by atoms with van der Waals surface area (Å²) in [5, 5.41) is 0.673. The zero-order valence-corrected chi connectivity index (χ0v) is 35.9. The molecule has 37 heavy (non-hydrogen) atoms. The van der Waals surface area contributed by atoms with E-state index in [4.69, 9.17) is 0 Å². The zero-order chi connectivity index (χ0) is 29.1. The van der Waals surface area contributed by atoms with Gasteiger partial charge in [0, 0.05) is 0 Å². The third-order valence-electron chi connectivity index (χ3n) is 6.41. The Hall–Kier alpha value is 1.45. The summed E-state index contributed by atoms with van der Waals surface area (Å²) in [7, 11) is -2.50. The van der Waals surface area contributed by atoms with Gasteiger partial charge in [-0.15, -0.1) is 0 Å². The number of nitrogens with zero attached hydrogens (tertiary/aromatic N) is 6. The van der Waals surface area contributed by atoms with Gasteiger partial charge in [-0.1, -0.05) is 0 Å². The minimum absolute atomic E-state index is 0.336. The average molecular weight is 850 g/mol. The van der Waals surface area contributed by atoms with Crippen molar-refractivity contribution in [1.29, 1.82) is 0 Å². The van der Waals surface area contributed by atoms with E-state index < -0.39 is 46.2 Å². The first kappa shape index (κ1) is 34.6. The second-order valence-electron chi connectivity index (χ2n) is 14.4. The standard InChI is InChI=1S/2C6H10IN2.2C6H18NSi2.Mn/c2*1-6(7)9-4-3-8(2)5-9;2*1-8(2,3)7-9(4,5)6;/h2*3-6H,1-2H3;2*1-6H3;/q;;2*-1;+2. The zero-order valence-electron chi connectivity index (χ0n) is 26.4. The van der Waals surface area contributed by atoms with Crippen LogP contribution < -0.4 is 0 Å². The van der Waals surface area contributed by atoms with Crippen LogP contribution >= 0.6 is 45.2 Å². The maximum absolute atomic E-state index is 3.34. The summed E-state index contributed by atoms with van der Waals surface area (Å²) in [6, 6.07) is 0. The Bertz CT molecular complexity index is 765. The summed E-state index contributed by atoms with van der Waals surface area (Å²) in [4.78, 5) is 10.7. The number of rotatable bonds is 10. The second kappa shape index (κ2) is 11.6. The molecule has 0 saturated heterocycles. The van der Waals surface area contributed by atoms with Crippen LogP contribution in [0.3, 0.4) is 0 Å². The Morgan fingerprint density at radius 3 is 1.00 bits per heavy atom. The van der Waals surface area contributed by atoms with Crippen LogP contribution in [0.25, 0.3) is 0 Å². The molecule has 2 aliphatic rings. The fraction of sp³-hybridized carbons (Fsp3) is 0.833. The van der Waals surface area contributed by atoms with E-state index in [9.17, 15) is 0 Å². The average Bonchev–Trinajstić information content (AvgIpc) is 3.19. The predicted molar refractivity (Wildman–Crippen MR) is 189 cm³/mol. The Balaban J connectivity index is 3.28. The van der Waals surface area contributed by atoms with Gasteiger partial charge in [-0.25, -0.2) is 0 Å². The SMILES string of the molecule is CC(I)N1C=CN(C)[CH]1[Mn]([CH]1N(C)C=CN1C(C)I)([N]([Si](C)(C)C)[Si](C)(C)C)[N]([Si](C)(C)C)[Si](C)(C)C. The summed E-state index contributed by atoms with van der Waals surface area (Å²) in [5.41, 5.74) is 0. The van der Waals surface area contributed by atoms with Gasteiger partial charge < -0.3 is 0 Å². The summed E-state index contributed by atoms with van der Waals surface area (Å²) in [6.45, 7) is 36.4. The van der Waals surface area contributed by atoms with Crippen molar-refractivity contribution in [2.24, 2.45) is 0 Å². The molecule has 0 aromatic rings. The Morgan fingerprint density at radius 1 is 0.568 bits per heavy atom. The molecule has 0 fully saturated rings. The van der Waals surface area contributed by atoms with Crippen molar-refractivity contribution in [2.45, 2.75) is 111 Å². The van der Waals surface area contributed by atoms with E-state index in [1.54, 1.807) is 0 Å². The van der Waals surface area contributed by atoms with Crippen LogP contribution in [-0.2, 0) is 13.3 Å². The molecule has 219 valence electrons. The van der Waals surface area contributed by atoms with Gasteiger partial charge in [0.05, 0.1) is 0 Å². The molecule has 0 amide bonds. The molecule has 0 saturated carbocycles. The van der Waals surface area contributed by atoms with E-state index >= 15 is 0 Å². The quantitative estimate of drug-likeness (QED) is 0.0977. The van der Waals surface area contributed by atoms with Gasteiger partial charge in [0.2, 0.25) is 0 Å². The first-order valence-corrected chi connectivity index (χ1v) is 32.1. The van der Waals surface area contributed by atoms with Crippen LogP contribution in [0.15, 0.2) is 24.8 Å². The number of alkyl halides is 2. The number of hydrogen-bond donors (Lipinski definition) is 0. The number of hydrogen-bond acceptors (Lipinski definition) is 6. The number of halogens is 2. The van der Waals surface area contributed by atoms with Crippen LogP contribution in [0.2, 0.25) is 78.6 Å². The van der Waals surface area contributed by atoms with Crippen LogP contribution in [0, 0.1) is 0 Å². The van der Waals surface area contributed by atoms with E-state index in [0.717, 1.165) is 0 Å². The van der Waals surface area contributed by atoms with Crippen molar-refractivity contribution >= 4 is 78.1 Å². The predicted octanol–water partition coefficient (Wildman–Crippen LogP) is 7.48. The van der Waals surface area contributed by atoms with Gasteiger partial charge in [0.25, 0.3) is 0 Å². The summed E-state index contributed by atoms with van der Waals surface area (Å²) < 4.78 is 7.50. The van der Waals surface area contributed by atoms with Crippen molar-refractivity contribution in [2.75, 3.05) is 14.1 Å². The third kappa shape index (κ3) is 6.76. The van der Waals surface area contributed by atoms with Crippen LogP contribution in [-0.4, -0.2) is 91.4 Å². The van der Waals surface area contributed by atoms with Crippen molar-refractivity contribution < 1.29 is 13.3 Å². The van der Waals surface area contributed by atoms with Gasteiger partial charge in [0.1, 0.15) is 0 Å². The molecule has 0 aromatic carbocycles. The molecule has 13 heteroatoms. The molecule has 0 aliphatic carbocycles. The van der Waals surface area contributed by atoms with Crippen molar-refractivity contribution in [3.63, 3.8) is 0 Å². The fourth-order valence-electron chi connectivity index (χ4n) is 6.59. The van der Waals surface area contributed by atoms with E-state index in [1.807, 2.05) is 0 Å². The molecular weight excluding hydrogens is 793 g/mol. The van der Waals surface area contributed by atoms with Crippen molar-refractivity contribution in [1.82, 2.24) is 26.1 Å². The maximum atomic E-state index is 3.34. The Morgan fingerprint density at radius 2 is 0.811 bits per heavy atom. The molecule has 4 unspecified atom stereocenters. The van der Waals surface area contributed by atoms with Crippen LogP contribution in [0.4, 0.5) is 0 Å². The first-order chi connectivity index (χ1) is 16.4. The molecule has 6 nitrogen and oxygen atoms in total. The van der Waals surface area contributed by atoms with Crippen molar-refractivity contribution in [3.05, 3.63) is 24.8 Å². The molecule has 0 bridgehead atoms. The van der Waals surface area contributed by atoms with Gasteiger partial charge in [0.15, 0.2) is 0 Å². The molecule has 0 spiro atoms. The second-order valence-corrected chi connectivity index (χ2v) is 44.1. The molecule has 0 radical (unpaired) electrons. The van der Waals surface area contributed by atoms with Gasteiger partial charge in [-0.05, 0) is 0 Å². The minimum atomic E-state index is -2.65. The van der Waals surface area contributed by atoms with Gasteiger partial charge >= 0.3 is 267 Å². The van der Waals surface area contributed by atoms with E-state index in [-0.39, 0.29) is 0 Å². The molecule has 2 aliphatic heterocycles. The summed E-state index contributed by atoms with van der Waals surface area (Å²) >= 11 is 2.67. The topological polar surface area (TPSA) is 19.4 Å². The van der Waals surface area contributed by atoms with Crippen LogP contribution in [0.5, 0.6) is 0 Å². The molecule has 0 N–H and O–H groups in total. The molecule has 2 heterocycles. The Labute approximate surface area is 264 Å². The van der Waals surface area contributed by atoms with Crippen LogP contribution in [0.1, 0.15) is 13.8 Å². The molecule has 4 atom stereocenters. The normalized spacial score (nSPS) is 24.2. The third-order valence-corrected chi connectivity index (χ3v) is 39.6. The van der Waals surface area contributed by atoms with Gasteiger partial charge in [-0.3, -0.25) is 0 Å². The van der Waals surface area contributed by atoms with E-state index in [1.165, 1.54) is 0 Å². The first-order valence-electron chi connectivity index (χ1n) is 13.4.